The van der Waals surface area contributed by atoms with Crippen molar-refractivity contribution in [3.05, 3.63) is 36.4 Å². The molecule has 0 aromatic heterocycles. The maximum atomic E-state index is 12.5. The Hall–Kier alpha value is -1.97. The Balaban J connectivity index is 2.16. The summed E-state index contributed by atoms with van der Waals surface area (Å²) in [6.07, 6.45) is 2.77. The highest BCUT2D eigenvalue weighted by Gasteiger charge is 2.32. The Morgan fingerprint density at radius 2 is 1.87 bits per heavy atom. The minimum absolute atomic E-state index is 0.00741. The molecular formula is C19H27NO3. The number of methoxy groups -OCH3 is 1. The van der Waals surface area contributed by atoms with Gasteiger partial charge >= 0.3 is 6.09 Å². The van der Waals surface area contributed by atoms with Gasteiger partial charge in [0.05, 0.1) is 13.2 Å². The molecule has 1 aliphatic heterocycles. The molecule has 1 heterocycles. The second-order valence-corrected chi connectivity index (χ2v) is 6.94. The van der Waals surface area contributed by atoms with Crippen molar-refractivity contribution >= 4 is 11.7 Å². The zero-order valence-corrected chi connectivity index (χ0v) is 14.6. The molecule has 1 atom stereocenters. The number of likely N-dealkylation sites (tertiary alicyclic amines) is 1. The van der Waals surface area contributed by atoms with Crippen LogP contribution in [0.15, 0.2) is 30.8 Å². The van der Waals surface area contributed by atoms with Crippen molar-refractivity contribution in [2.24, 2.45) is 0 Å². The molecule has 0 spiro atoms. The zero-order valence-electron chi connectivity index (χ0n) is 14.6. The predicted molar refractivity (Wildman–Crippen MR) is 92.6 cm³/mol. The molecular weight excluding hydrogens is 290 g/mol. The van der Waals surface area contributed by atoms with E-state index >= 15 is 0 Å². The third kappa shape index (κ3) is 4.50. The number of nitrogens with zero attached hydrogens (tertiary/aromatic N) is 1. The minimum Gasteiger partial charge on any atom is -0.497 e. The van der Waals surface area contributed by atoms with Crippen molar-refractivity contribution in [3.8, 4) is 5.75 Å². The summed E-state index contributed by atoms with van der Waals surface area (Å²) in [5.74, 6) is 0.814. The Morgan fingerprint density at radius 3 is 2.43 bits per heavy atom. The molecule has 0 radical (unpaired) electrons. The fourth-order valence-corrected chi connectivity index (χ4v) is 2.83. The molecule has 1 aliphatic rings. The Kier molecular flexibility index (Phi) is 5.34. The van der Waals surface area contributed by atoms with E-state index in [2.05, 4.69) is 6.58 Å². The Morgan fingerprint density at radius 1 is 1.22 bits per heavy atom. The number of rotatable bonds is 3. The highest BCUT2D eigenvalue weighted by Crippen LogP contribution is 2.30. The van der Waals surface area contributed by atoms with Gasteiger partial charge in [0, 0.05) is 6.54 Å². The first kappa shape index (κ1) is 17.4. The molecule has 4 nitrogen and oxygen atoms in total. The molecule has 1 unspecified atom stereocenters. The normalized spacial score (nSPS) is 18.4. The van der Waals surface area contributed by atoms with Crippen molar-refractivity contribution in [1.29, 1.82) is 0 Å². The molecule has 1 amide bonds. The third-order valence-corrected chi connectivity index (χ3v) is 3.99. The van der Waals surface area contributed by atoms with Crippen LogP contribution in [0.3, 0.4) is 0 Å². The van der Waals surface area contributed by atoms with Gasteiger partial charge < -0.3 is 14.4 Å². The fraction of sp³-hybridized carbons (Fsp3) is 0.526. The predicted octanol–water partition coefficient (Wildman–Crippen LogP) is 4.50. The van der Waals surface area contributed by atoms with Crippen LogP contribution in [0.1, 0.15) is 45.6 Å². The number of carbonyl (C=O) groups excluding carboxylic acids is 1. The topological polar surface area (TPSA) is 38.8 Å². The molecule has 1 aromatic carbocycles. The van der Waals surface area contributed by atoms with Gasteiger partial charge in [-0.2, -0.15) is 0 Å². The van der Waals surface area contributed by atoms with Crippen LogP contribution in [0.4, 0.5) is 4.79 Å². The summed E-state index contributed by atoms with van der Waals surface area (Å²) in [7, 11) is 1.65. The first-order valence-corrected chi connectivity index (χ1v) is 8.14. The quantitative estimate of drug-likeness (QED) is 0.824. The van der Waals surface area contributed by atoms with Crippen LogP contribution in [0, 0.1) is 0 Å². The molecule has 1 saturated heterocycles. The van der Waals surface area contributed by atoms with E-state index in [1.807, 2.05) is 49.9 Å². The van der Waals surface area contributed by atoms with Gasteiger partial charge in [-0.1, -0.05) is 18.7 Å². The lowest BCUT2D eigenvalue weighted by Gasteiger charge is -2.38. The van der Waals surface area contributed by atoms with Crippen LogP contribution >= 0.6 is 0 Å². The fourth-order valence-electron chi connectivity index (χ4n) is 2.83. The van der Waals surface area contributed by atoms with Gasteiger partial charge in [-0.05, 0) is 63.3 Å². The van der Waals surface area contributed by atoms with E-state index in [1.165, 1.54) is 0 Å². The first-order chi connectivity index (χ1) is 10.8. The van der Waals surface area contributed by atoms with E-state index in [9.17, 15) is 4.79 Å². The van der Waals surface area contributed by atoms with E-state index in [0.717, 1.165) is 42.7 Å². The SMILES string of the molecule is C=C(c1ccc(OC)cc1)C1CCCCN1C(=O)OC(C)(C)C. The van der Waals surface area contributed by atoms with Gasteiger partial charge in [0.15, 0.2) is 0 Å². The van der Waals surface area contributed by atoms with E-state index in [4.69, 9.17) is 9.47 Å². The van der Waals surface area contributed by atoms with Crippen LogP contribution < -0.4 is 4.74 Å². The summed E-state index contributed by atoms with van der Waals surface area (Å²) in [5, 5.41) is 0. The molecule has 2 rings (SSSR count). The summed E-state index contributed by atoms with van der Waals surface area (Å²) < 4.78 is 10.8. The number of piperidine rings is 1. The highest BCUT2D eigenvalue weighted by molar-refractivity contribution is 5.76. The Labute approximate surface area is 139 Å². The monoisotopic (exact) mass is 317 g/mol. The Bertz CT molecular complexity index is 557. The molecule has 0 N–H and O–H groups in total. The van der Waals surface area contributed by atoms with Crippen molar-refractivity contribution in [2.75, 3.05) is 13.7 Å². The molecule has 0 bridgehead atoms. The van der Waals surface area contributed by atoms with Gasteiger partial charge in [-0.15, -0.1) is 0 Å². The molecule has 23 heavy (non-hydrogen) atoms. The number of ether oxygens (including phenoxy) is 2. The van der Waals surface area contributed by atoms with Crippen LogP contribution in [-0.4, -0.2) is 36.3 Å². The summed E-state index contributed by atoms with van der Waals surface area (Å²) in [5.41, 5.74) is 1.50. The zero-order chi connectivity index (χ0) is 17.0. The molecule has 126 valence electrons. The van der Waals surface area contributed by atoms with Gasteiger partial charge in [0.2, 0.25) is 0 Å². The number of benzene rings is 1. The lowest BCUT2D eigenvalue weighted by molar-refractivity contribution is 0.0159. The summed E-state index contributed by atoms with van der Waals surface area (Å²) in [6, 6.07) is 7.81. The maximum absolute atomic E-state index is 12.5. The summed E-state index contributed by atoms with van der Waals surface area (Å²) in [6.45, 7) is 10.6. The average molecular weight is 317 g/mol. The third-order valence-electron chi connectivity index (χ3n) is 3.99. The average Bonchev–Trinajstić information content (AvgIpc) is 2.52. The van der Waals surface area contributed by atoms with Crippen molar-refractivity contribution in [3.63, 3.8) is 0 Å². The van der Waals surface area contributed by atoms with Gasteiger partial charge in [0.1, 0.15) is 11.4 Å². The summed E-state index contributed by atoms with van der Waals surface area (Å²) >= 11 is 0. The van der Waals surface area contributed by atoms with Crippen LogP contribution in [0.2, 0.25) is 0 Å². The van der Waals surface area contributed by atoms with E-state index in [-0.39, 0.29) is 12.1 Å². The lowest BCUT2D eigenvalue weighted by atomic mass is 9.92. The standard InChI is InChI=1S/C19H27NO3/c1-14(15-9-11-16(22-5)12-10-15)17-8-6-7-13-20(17)18(21)23-19(2,3)4/h9-12,17H,1,6-8,13H2,2-5H3. The summed E-state index contributed by atoms with van der Waals surface area (Å²) in [4.78, 5) is 14.3. The number of hydrogen-bond donors (Lipinski definition) is 0. The van der Waals surface area contributed by atoms with Crippen LogP contribution in [0.25, 0.3) is 5.57 Å². The molecule has 4 heteroatoms. The largest absolute Gasteiger partial charge is 0.497 e. The number of carbonyl (C=O) groups is 1. The first-order valence-electron chi connectivity index (χ1n) is 8.14. The molecule has 1 aromatic rings. The van der Waals surface area contributed by atoms with Gasteiger partial charge in [0.25, 0.3) is 0 Å². The lowest BCUT2D eigenvalue weighted by Crippen LogP contribution is -2.46. The van der Waals surface area contributed by atoms with Crippen molar-refractivity contribution in [2.45, 2.75) is 51.7 Å². The maximum Gasteiger partial charge on any atom is 0.410 e. The number of amides is 1. The van der Waals surface area contributed by atoms with E-state index in [1.54, 1.807) is 7.11 Å². The second-order valence-electron chi connectivity index (χ2n) is 6.94. The number of hydrogen-bond acceptors (Lipinski definition) is 3. The minimum atomic E-state index is -0.486. The smallest absolute Gasteiger partial charge is 0.410 e. The highest BCUT2D eigenvalue weighted by atomic mass is 16.6. The van der Waals surface area contributed by atoms with Gasteiger partial charge in [-0.25, -0.2) is 4.79 Å². The van der Waals surface area contributed by atoms with Crippen LogP contribution in [-0.2, 0) is 4.74 Å². The van der Waals surface area contributed by atoms with E-state index in [0.29, 0.717) is 0 Å². The molecule has 1 fully saturated rings. The van der Waals surface area contributed by atoms with Crippen molar-refractivity contribution in [1.82, 2.24) is 4.90 Å². The van der Waals surface area contributed by atoms with E-state index < -0.39 is 5.60 Å². The van der Waals surface area contributed by atoms with Crippen LogP contribution in [0.5, 0.6) is 5.75 Å². The van der Waals surface area contributed by atoms with Gasteiger partial charge in [-0.3, -0.25) is 0 Å². The van der Waals surface area contributed by atoms with Crippen molar-refractivity contribution < 1.29 is 14.3 Å². The molecule has 0 saturated carbocycles. The molecule has 0 aliphatic carbocycles. The second kappa shape index (κ2) is 7.07.